The highest BCUT2D eigenvalue weighted by Gasteiger charge is 2.20. The maximum atomic E-state index is 12.8. The minimum absolute atomic E-state index is 0.0777. The summed E-state index contributed by atoms with van der Waals surface area (Å²) < 4.78 is 66.1. The Hall–Kier alpha value is -5.04. The van der Waals surface area contributed by atoms with Crippen molar-refractivity contribution in [1.29, 1.82) is 0 Å². The Balaban J connectivity index is 0.000000212. The lowest BCUT2D eigenvalue weighted by Gasteiger charge is -2.23. The molecule has 6 aromatic carbocycles. The number of hydrogen-bond donors (Lipinski definition) is 2. The number of carbonyl (C=O) groups excluding carboxylic acids is 2. The number of anilines is 4. The second-order valence-corrected chi connectivity index (χ2v) is 19.0. The molecule has 0 saturated heterocycles. The zero-order chi connectivity index (χ0) is 46.5. The second kappa shape index (κ2) is 26.1. The standard InChI is InChI=1S/2C19H24N2OS.C10H8O6S2/c2*1-3-20(4-2)15-16-23-19(22)21(17-11-7-5-8-12-17)18-13-9-6-10-14-18;11-17(12,13)9-5-1-3-7-8(9)4-2-6-10(7)18(14,15)16/h2*5-14H,3-4,15-16H2,1-2H3;1-6H,(H,11,12,13)(H,14,15,16). The Morgan fingerprint density at radius 1 is 0.438 bits per heavy atom. The van der Waals surface area contributed by atoms with Crippen molar-refractivity contribution in [1.82, 2.24) is 0 Å². The number of quaternary nitrogens is 2. The number of carbonyl (C=O) groups is 2. The summed E-state index contributed by atoms with van der Waals surface area (Å²) in [4.78, 5) is 31.1. The summed E-state index contributed by atoms with van der Waals surface area (Å²) in [6.45, 7) is 15.2. The highest BCUT2D eigenvalue weighted by atomic mass is 32.2. The van der Waals surface area contributed by atoms with Crippen molar-refractivity contribution in [3.63, 3.8) is 0 Å². The Morgan fingerprint density at radius 2 is 0.703 bits per heavy atom. The van der Waals surface area contributed by atoms with Gasteiger partial charge in [0.25, 0.3) is 10.5 Å². The lowest BCUT2D eigenvalue weighted by Crippen LogP contribution is -3.11. The molecule has 6 rings (SSSR count). The van der Waals surface area contributed by atoms with Crippen molar-refractivity contribution in [3.8, 4) is 0 Å². The molecule has 12 nitrogen and oxygen atoms in total. The molecule has 0 aliphatic heterocycles. The van der Waals surface area contributed by atoms with E-state index in [9.17, 15) is 35.5 Å². The van der Waals surface area contributed by atoms with Gasteiger partial charge in [0.15, 0.2) is 0 Å². The van der Waals surface area contributed by atoms with Crippen LogP contribution in [0.15, 0.2) is 168 Å². The van der Waals surface area contributed by atoms with Gasteiger partial charge in [-0.3, -0.25) is 19.4 Å². The zero-order valence-corrected chi connectivity index (χ0v) is 39.7. The van der Waals surface area contributed by atoms with Crippen molar-refractivity contribution < 1.29 is 45.3 Å². The number of thioether (sulfide) groups is 2. The molecule has 0 spiro atoms. The van der Waals surface area contributed by atoms with Gasteiger partial charge in [-0.25, -0.2) is 16.8 Å². The molecule has 0 fully saturated rings. The largest absolute Gasteiger partial charge is 0.744 e. The SMILES string of the molecule is CC[NH+](CC)CCSC(=O)N(c1ccccc1)c1ccccc1.CC[NH+](CC)CCSC(=O)N(c1ccccc1)c1ccccc1.O=S(=O)([O-])c1cccc2c(S(=O)(=O)[O-])cccc12. The average molecular weight is 945 g/mol. The summed E-state index contributed by atoms with van der Waals surface area (Å²) >= 11 is 2.80. The van der Waals surface area contributed by atoms with Gasteiger partial charge in [0, 0.05) is 33.5 Å². The highest BCUT2D eigenvalue weighted by molar-refractivity contribution is 8.14. The van der Waals surface area contributed by atoms with Crippen LogP contribution in [0.2, 0.25) is 0 Å². The normalized spacial score (nSPS) is 11.3. The first kappa shape index (κ1) is 51.6. The first-order valence-electron chi connectivity index (χ1n) is 21.0. The molecular formula is C48H56N4O8S4. The summed E-state index contributed by atoms with van der Waals surface area (Å²) in [5, 5.41) is -0.00300. The van der Waals surface area contributed by atoms with Crippen LogP contribution in [0, 0.1) is 0 Å². The zero-order valence-electron chi connectivity index (χ0n) is 36.5. The minimum Gasteiger partial charge on any atom is -0.744 e. The molecule has 0 saturated carbocycles. The molecule has 6 aromatic rings. The quantitative estimate of drug-likeness (QED) is 0.0914. The van der Waals surface area contributed by atoms with Gasteiger partial charge < -0.3 is 18.9 Å². The molecule has 0 atom stereocenters. The minimum atomic E-state index is -4.74. The van der Waals surface area contributed by atoms with E-state index in [1.165, 1.54) is 57.6 Å². The first-order chi connectivity index (χ1) is 30.7. The third-order valence-electron chi connectivity index (χ3n) is 10.2. The van der Waals surface area contributed by atoms with Gasteiger partial charge >= 0.3 is 0 Å². The molecule has 0 bridgehead atoms. The fourth-order valence-corrected chi connectivity index (χ4v) is 9.81. The second-order valence-electron chi connectivity index (χ2n) is 14.2. The van der Waals surface area contributed by atoms with Crippen LogP contribution in [-0.4, -0.2) is 87.2 Å². The number of para-hydroxylation sites is 4. The van der Waals surface area contributed by atoms with Crippen LogP contribution in [0.1, 0.15) is 27.7 Å². The number of fused-ring (bicyclic) bond motifs is 1. The summed E-state index contributed by atoms with van der Waals surface area (Å²) in [5.74, 6) is 1.68. The van der Waals surface area contributed by atoms with Crippen LogP contribution in [0.25, 0.3) is 10.8 Å². The maximum Gasteiger partial charge on any atom is 0.290 e. The van der Waals surface area contributed by atoms with Crippen molar-refractivity contribution >= 4 is 87.8 Å². The number of amides is 2. The van der Waals surface area contributed by atoms with Crippen LogP contribution in [0.5, 0.6) is 0 Å². The van der Waals surface area contributed by atoms with Crippen molar-refractivity contribution in [3.05, 3.63) is 158 Å². The van der Waals surface area contributed by atoms with Crippen molar-refractivity contribution in [2.45, 2.75) is 37.5 Å². The predicted octanol–water partition coefficient (Wildman–Crippen LogP) is 7.85. The van der Waals surface area contributed by atoms with Crippen molar-refractivity contribution in [2.75, 3.05) is 60.6 Å². The van der Waals surface area contributed by atoms with Crippen LogP contribution in [0.3, 0.4) is 0 Å². The van der Waals surface area contributed by atoms with E-state index in [0.29, 0.717) is 0 Å². The van der Waals surface area contributed by atoms with Gasteiger partial charge in [-0.1, -0.05) is 121 Å². The van der Waals surface area contributed by atoms with E-state index in [1.54, 1.807) is 9.80 Å². The Bertz CT molecular complexity index is 2310. The predicted molar refractivity (Wildman–Crippen MR) is 259 cm³/mol. The fraction of sp³-hybridized carbons (Fsp3) is 0.250. The van der Waals surface area contributed by atoms with Gasteiger partial charge in [-0.05, 0) is 88.4 Å². The van der Waals surface area contributed by atoms with E-state index in [-0.39, 0.29) is 21.3 Å². The summed E-state index contributed by atoms with van der Waals surface area (Å²) in [6.07, 6.45) is 0. The average Bonchev–Trinajstić information content (AvgIpc) is 3.30. The van der Waals surface area contributed by atoms with E-state index in [1.807, 2.05) is 121 Å². The molecule has 2 amide bonds. The molecule has 0 aliphatic carbocycles. The van der Waals surface area contributed by atoms with Gasteiger partial charge in [-0.2, -0.15) is 0 Å². The molecule has 0 unspecified atom stereocenters. The smallest absolute Gasteiger partial charge is 0.290 e. The Kier molecular flexibility index (Phi) is 21.0. The van der Waals surface area contributed by atoms with Gasteiger partial charge in [0.05, 0.1) is 60.6 Å². The van der Waals surface area contributed by atoms with Gasteiger partial charge in [0.2, 0.25) is 0 Å². The van der Waals surface area contributed by atoms with E-state index < -0.39 is 30.0 Å². The van der Waals surface area contributed by atoms with Gasteiger partial charge in [-0.15, -0.1) is 0 Å². The molecule has 64 heavy (non-hydrogen) atoms. The molecule has 0 aromatic heterocycles. The lowest BCUT2D eigenvalue weighted by molar-refractivity contribution is -0.893. The number of nitrogens with zero attached hydrogens (tertiary/aromatic N) is 2. The van der Waals surface area contributed by atoms with Crippen LogP contribution >= 0.6 is 23.5 Å². The summed E-state index contributed by atoms with van der Waals surface area (Å²) in [5.41, 5.74) is 3.63. The van der Waals surface area contributed by atoms with E-state index in [2.05, 4.69) is 27.7 Å². The molecule has 2 N–H and O–H groups in total. The van der Waals surface area contributed by atoms with Gasteiger partial charge in [0.1, 0.15) is 20.2 Å². The molecule has 0 aliphatic rings. The Labute approximate surface area is 386 Å². The third-order valence-corrected chi connectivity index (χ3v) is 13.6. The maximum absolute atomic E-state index is 12.8. The van der Waals surface area contributed by atoms with Crippen molar-refractivity contribution in [2.24, 2.45) is 0 Å². The van der Waals surface area contributed by atoms with Crippen LogP contribution in [-0.2, 0) is 20.2 Å². The fourth-order valence-electron chi connectivity index (χ4n) is 6.62. The summed E-state index contributed by atoms with van der Waals surface area (Å²) in [6, 6.07) is 46.4. The number of hydrogen-bond acceptors (Lipinski definition) is 10. The number of nitrogens with one attached hydrogen (secondary N) is 2. The van der Waals surface area contributed by atoms with E-state index in [0.717, 1.165) is 85.7 Å². The molecule has 0 heterocycles. The first-order valence-corrected chi connectivity index (χ1v) is 25.8. The molecule has 340 valence electrons. The van der Waals surface area contributed by atoms with Crippen LogP contribution in [0.4, 0.5) is 32.3 Å². The third kappa shape index (κ3) is 15.6. The van der Waals surface area contributed by atoms with Crippen LogP contribution < -0.4 is 19.6 Å². The van der Waals surface area contributed by atoms with E-state index in [4.69, 9.17) is 0 Å². The lowest BCUT2D eigenvalue weighted by atomic mass is 10.1. The molecule has 0 radical (unpaired) electrons. The highest BCUT2D eigenvalue weighted by Crippen LogP contribution is 2.31. The molecule has 16 heteroatoms. The Morgan fingerprint density at radius 3 is 0.938 bits per heavy atom. The number of benzene rings is 6. The monoisotopic (exact) mass is 944 g/mol. The number of rotatable bonds is 16. The topological polar surface area (TPSA) is 164 Å². The molecular weight excluding hydrogens is 889 g/mol. The summed E-state index contributed by atoms with van der Waals surface area (Å²) in [7, 11) is -9.48. The van der Waals surface area contributed by atoms with E-state index >= 15 is 0 Å².